The van der Waals surface area contributed by atoms with Gasteiger partial charge in [0.1, 0.15) is 12.0 Å². The lowest BCUT2D eigenvalue weighted by Crippen LogP contribution is -2.53. The molecule has 0 fully saturated rings. The Labute approximate surface area is 191 Å². The topological polar surface area (TPSA) is 63.7 Å². The van der Waals surface area contributed by atoms with E-state index in [1.807, 2.05) is 77.7 Å². The van der Waals surface area contributed by atoms with Crippen molar-refractivity contribution in [2.75, 3.05) is 17.0 Å². The Morgan fingerprint density at radius 1 is 1.00 bits per heavy atom. The van der Waals surface area contributed by atoms with Crippen molar-refractivity contribution < 1.29 is 14.3 Å². The van der Waals surface area contributed by atoms with Gasteiger partial charge < -0.3 is 14.8 Å². The molecule has 0 saturated carbocycles. The third-order valence-electron chi connectivity index (χ3n) is 6.30. The Balaban J connectivity index is 1.39. The number of amides is 1. The standard InChI is InChI=1S/C27H23N3O3/c1-17(13-18-11-12-23-24(14-18)33-16-32-23)26-29-25-21(15-19-7-5-6-10-22(19)28-25)27(31)30(26)20-8-3-2-4-9-20/h2-12,14-15,17,26H,13,16H2,1H3,(H,28,29). The first-order valence-electron chi connectivity index (χ1n) is 11.1. The molecule has 2 aliphatic heterocycles. The SMILES string of the molecule is CC(Cc1ccc2c(c1)OCO2)C1Nc2nc3ccccc3cc2C(=O)N1c1ccccc1. The van der Waals surface area contributed by atoms with Crippen molar-refractivity contribution in [2.24, 2.45) is 5.92 Å². The summed E-state index contributed by atoms with van der Waals surface area (Å²) in [6, 6.07) is 25.6. The van der Waals surface area contributed by atoms with Crippen molar-refractivity contribution in [3.05, 3.63) is 90.0 Å². The number of fused-ring (bicyclic) bond motifs is 3. The van der Waals surface area contributed by atoms with Gasteiger partial charge in [0, 0.05) is 11.1 Å². The van der Waals surface area contributed by atoms with Crippen molar-refractivity contribution in [3.63, 3.8) is 0 Å². The average Bonchev–Trinajstić information content (AvgIpc) is 3.31. The summed E-state index contributed by atoms with van der Waals surface area (Å²) < 4.78 is 11.0. The molecular formula is C27H23N3O3. The number of rotatable bonds is 4. The molecule has 33 heavy (non-hydrogen) atoms. The van der Waals surface area contributed by atoms with Crippen LogP contribution in [-0.2, 0) is 6.42 Å². The summed E-state index contributed by atoms with van der Waals surface area (Å²) in [5.74, 6) is 2.22. The minimum atomic E-state index is -0.258. The zero-order valence-electron chi connectivity index (χ0n) is 18.2. The van der Waals surface area contributed by atoms with E-state index < -0.39 is 0 Å². The molecule has 4 aromatic rings. The summed E-state index contributed by atoms with van der Waals surface area (Å²) in [4.78, 5) is 20.4. The highest BCUT2D eigenvalue weighted by Crippen LogP contribution is 2.36. The van der Waals surface area contributed by atoms with Gasteiger partial charge >= 0.3 is 0 Å². The highest BCUT2D eigenvalue weighted by atomic mass is 16.7. The van der Waals surface area contributed by atoms with Crippen LogP contribution in [0.1, 0.15) is 22.8 Å². The number of anilines is 2. The predicted molar refractivity (Wildman–Crippen MR) is 128 cm³/mol. The number of nitrogens with one attached hydrogen (secondary N) is 1. The van der Waals surface area contributed by atoms with Crippen molar-refractivity contribution >= 4 is 28.3 Å². The van der Waals surface area contributed by atoms with Gasteiger partial charge in [-0.15, -0.1) is 0 Å². The van der Waals surface area contributed by atoms with Gasteiger partial charge in [0.15, 0.2) is 11.5 Å². The minimum Gasteiger partial charge on any atom is -0.454 e. The van der Waals surface area contributed by atoms with Gasteiger partial charge in [0.25, 0.3) is 5.91 Å². The van der Waals surface area contributed by atoms with Crippen LogP contribution in [0.5, 0.6) is 11.5 Å². The number of pyridine rings is 1. The quantitative estimate of drug-likeness (QED) is 0.473. The molecule has 2 unspecified atom stereocenters. The van der Waals surface area contributed by atoms with Crippen LogP contribution in [0.25, 0.3) is 10.9 Å². The van der Waals surface area contributed by atoms with Gasteiger partial charge in [-0.3, -0.25) is 9.69 Å². The Hall–Kier alpha value is -4.06. The molecule has 2 atom stereocenters. The zero-order chi connectivity index (χ0) is 22.4. The third kappa shape index (κ3) is 3.44. The number of nitrogens with zero attached hydrogens (tertiary/aromatic N) is 2. The molecule has 6 nitrogen and oxygen atoms in total. The fourth-order valence-electron chi connectivity index (χ4n) is 4.66. The fourth-order valence-corrected chi connectivity index (χ4v) is 4.66. The number of aromatic nitrogens is 1. The smallest absolute Gasteiger partial charge is 0.263 e. The Kier molecular flexibility index (Phi) is 4.64. The van der Waals surface area contributed by atoms with Crippen molar-refractivity contribution in [1.29, 1.82) is 0 Å². The summed E-state index contributed by atoms with van der Waals surface area (Å²) in [6.45, 7) is 2.41. The van der Waals surface area contributed by atoms with Crippen LogP contribution in [0.3, 0.4) is 0 Å². The molecule has 1 N–H and O–H groups in total. The second-order valence-corrected chi connectivity index (χ2v) is 8.55. The minimum absolute atomic E-state index is 0.0456. The molecule has 6 rings (SSSR count). The molecule has 2 aliphatic rings. The van der Waals surface area contributed by atoms with Crippen LogP contribution in [0.2, 0.25) is 0 Å². The Morgan fingerprint density at radius 2 is 1.79 bits per heavy atom. The molecule has 0 bridgehead atoms. The highest BCUT2D eigenvalue weighted by molar-refractivity contribution is 6.13. The number of hydrogen-bond donors (Lipinski definition) is 1. The number of para-hydroxylation sites is 2. The normalized spacial score (nSPS) is 17.5. The van der Waals surface area contributed by atoms with Gasteiger partial charge in [-0.1, -0.05) is 49.4 Å². The zero-order valence-corrected chi connectivity index (χ0v) is 18.2. The van der Waals surface area contributed by atoms with Crippen LogP contribution in [0, 0.1) is 5.92 Å². The van der Waals surface area contributed by atoms with Crippen LogP contribution >= 0.6 is 0 Å². The van der Waals surface area contributed by atoms with Crippen LogP contribution < -0.4 is 19.7 Å². The fraction of sp³-hybridized carbons (Fsp3) is 0.185. The van der Waals surface area contributed by atoms with E-state index in [0.717, 1.165) is 40.1 Å². The molecule has 0 spiro atoms. The molecule has 1 aromatic heterocycles. The molecular weight excluding hydrogens is 414 g/mol. The lowest BCUT2D eigenvalue weighted by atomic mass is 9.94. The predicted octanol–water partition coefficient (Wildman–Crippen LogP) is 5.24. The summed E-state index contributed by atoms with van der Waals surface area (Å²) in [5, 5.41) is 4.53. The second-order valence-electron chi connectivity index (χ2n) is 8.55. The van der Waals surface area contributed by atoms with Crippen molar-refractivity contribution in [1.82, 2.24) is 4.98 Å². The van der Waals surface area contributed by atoms with Gasteiger partial charge in [-0.05, 0) is 54.3 Å². The van der Waals surface area contributed by atoms with Gasteiger partial charge in [0.2, 0.25) is 6.79 Å². The number of ether oxygens (including phenoxy) is 2. The van der Waals surface area contributed by atoms with Crippen molar-refractivity contribution in [2.45, 2.75) is 19.5 Å². The number of carbonyl (C=O) groups excluding carboxylic acids is 1. The summed E-state index contributed by atoms with van der Waals surface area (Å²) in [5.41, 5.74) is 3.44. The molecule has 164 valence electrons. The molecule has 6 heteroatoms. The number of benzene rings is 3. The lowest BCUT2D eigenvalue weighted by molar-refractivity contribution is 0.0966. The van der Waals surface area contributed by atoms with E-state index in [1.54, 1.807) is 0 Å². The number of hydrogen-bond acceptors (Lipinski definition) is 5. The molecule has 0 aliphatic carbocycles. The molecule has 0 radical (unpaired) electrons. The first kappa shape index (κ1) is 19.6. The van der Waals surface area contributed by atoms with E-state index in [0.29, 0.717) is 11.4 Å². The van der Waals surface area contributed by atoms with Crippen molar-refractivity contribution in [3.8, 4) is 11.5 Å². The van der Waals surface area contributed by atoms with E-state index >= 15 is 0 Å². The second kappa shape index (κ2) is 7.81. The van der Waals surface area contributed by atoms with Crippen LogP contribution in [0.15, 0.2) is 78.9 Å². The summed E-state index contributed by atoms with van der Waals surface area (Å²) >= 11 is 0. The Morgan fingerprint density at radius 3 is 2.67 bits per heavy atom. The summed E-state index contributed by atoms with van der Waals surface area (Å²) in [6.07, 6.45) is 0.500. The summed E-state index contributed by atoms with van der Waals surface area (Å²) in [7, 11) is 0. The van der Waals surface area contributed by atoms with E-state index in [1.165, 1.54) is 0 Å². The van der Waals surface area contributed by atoms with Crippen LogP contribution in [0.4, 0.5) is 11.5 Å². The third-order valence-corrected chi connectivity index (χ3v) is 6.30. The first-order valence-corrected chi connectivity index (χ1v) is 11.1. The average molecular weight is 437 g/mol. The Bertz CT molecular complexity index is 1360. The largest absolute Gasteiger partial charge is 0.454 e. The van der Waals surface area contributed by atoms with Gasteiger partial charge in [-0.2, -0.15) is 0 Å². The molecule has 3 heterocycles. The maximum atomic E-state index is 13.8. The number of carbonyl (C=O) groups is 1. The highest BCUT2D eigenvalue weighted by Gasteiger charge is 2.37. The molecule has 1 amide bonds. The first-order chi connectivity index (χ1) is 16.2. The van der Waals surface area contributed by atoms with E-state index in [2.05, 4.69) is 18.3 Å². The van der Waals surface area contributed by atoms with E-state index in [9.17, 15) is 4.79 Å². The monoisotopic (exact) mass is 437 g/mol. The molecule has 0 saturated heterocycles. The van der Waals surface area contributed by atoms with Gasteiger partial charge in [-0.25, -0.2) is 4.98 Å². The maximum absolute atomic E-state index is 13.8. The lowest BCUT2D eigenvalue weighted by Gasteiger charge is -2.40. The van der Waals surface area contributed by atoms with Gasteiger partial charge in [0.05, 0.1) is 11.1 Å². The van der Waals surface area contributed by atoms with E-state index in [-0.39, 0.29) is 24.8 Å². The van der Waals surface area contributed by atoms with Crippen LogP contribution in [-0.4, -0.2) is 23.8 Å². The molecule has 3 aromatic carbocycles. The maximum Gasteiger partial charge on any atom is 0.263 e. The van der Waals surface area contributed by atoms with E-state index in [4.69, 9.17) is 14.5 Å².